The van der Waals surface area contributed by atoms with Crippen LogP contribution in [0.5, 0.6) is 0 Å². The van der Waals surface area contributed by atoms with Gasteiger partial charge in [0.25, 0.3) is 11.8 Å². The molecule has 0 unspecified atom stereocenters. The Hall–Kier alpha value is -2.79. The van der Waals surface area contributed by atoms with Crippen LogP contribution in [0.25, 0.3) is 10.8 Å². The maximum Gasteiger partial charge on any atom is 0.258 e. The maximum atomic E-state index is 12.8. The molecule has 2 amide bonds. The van der Waals surface area contributed by atoms with E-state index in [2.05, 4.69) is 12.2 Å². The minimum atomic E-state index is -0.149. The summed E-state index contributed by atoms with van der Waals surface area (Å²) in [5.74, 6) is -0.103. The van der Waals surface area contributed by atoms with Gasteiger partial charge in [-0.2, -0.15) is 0 Å². The zero-order valence-electron chi connectivity index (χ0n) is 16.0. The van der Waals surface area contributed by atoms with Crippen LogP contribution in [0.4, 0.5) is 11.4 Å². The second kappa shape index (κ2) is 7.68. The molecular weight excluding hydrogens is 368 g/mol. The van der Waals surface area contributed by atoms with Crippen molar-refractivity contribution in [3.63, 3.8) is 0 Å². The highest BCUT2D eigenvalue weighted by Gasteiger charge is 2.30. The first-order valence-electron chi connectivity index (χ1n) is 9.47. The molecule has 28 heavy (non-hydrogen) atoms. The summed E-state index contributed by atoms with van der Waals surface area (Å²) < 4.78 is 0. The predicted octanol–water partition coefficient (Wildman–Crippen LogP) is 5.57. The van der Waals surface area contributed by atoms with Crippen LogP contribution < -0.4 is 10.2 Å². The second-order valence-electron chi connectivity index (χ2n) is 6.86. The molecule has 0 aromatic heterocycles. The molecule has 0 bridgehead atoms. The van der Waals surface area contributed by atoms with E-state index in [0.717, 1.165) is 39.9 Å². The highest BCUT2D eigenvalue weighted by Crippen LogP contribution is 2.40. The quantitative estimate of drug-likeness (QED) is 0.560. The number of hydrogen-bond acceptors (Lipinski definition) is 3. The van der Waals surface area contributed by atoms with Gasteiger partial charge in [-0.3, -0.25) is 9.59 Å². The number of carbonyl (C=O) groups excluding carboxylic acids is 2. The summed E-state index contributed by atoms with van der Waals surface area (Å²) in [6.07, 6.45) is 3.99. The lowest BCUT2D eigenvalue weighted by molar-refractivity contribution is 0.0991. The summed E-state index contributed by atoms with van der Waals surface area (Å²) >= 11 is 1.61. The number of rotatable bonds is 6. The summed E-state index contributed by atoms with van der Waals surface area (Å²) in [5, 5.41) is 4.86. The van der Waals surface area contributed by atoms with Gasteiger partial charge in [0.05, 0.1) is 5.69 Å². The largest absolute Gasteiger partial charge is 0.321 e. The molecule has 0 spiro atoms. The lowest BCUT2D eigenvalue weighted by Crippen LogP contribution is -2.27. The van der Waals surface area contributed by atoms with Gasteiger partial charge in [-0.05, 0) is 49.1 Å². The van der Waals surface area contributed by atoms with E-state index in [0.29, 0.717) is 17.7 Å². The molecule has 0 saturated heterocycles. The Morgan fingerprint density at radius 2 is 1.93 bits per heavy atom. The van der Waals surface area contributed by atoms with E-state index < -0.39 is 0 Å². The van der Waals surface area contributed by atoms with Crippen molar-refractivity contribution >= 4 is 45.7 Å². The number of benzene rings is 3. The lowest BCUT2D eigenvalue weighted by Gasteiger charge is -2.17. The molecule has 0 saturated carbocycles. The molecule has 142 valence electrons. The van der Waals surface area contributed by atoms with Crippen molar-refractivity contribution in [2.24, 2.45) is 0 Å². The minimum absolute atomic E-state index is 0.0465. The molecule has 4 rings (SSSR count). The number of thioether (sulfide) groups is 1. The van der Waals surface area contributed by atoms with Gasteiger partial charge in [0, 0.05) is 39.0 Å². The Morgan fingerprint density at radius 1 is 1.11 bits per heavy atom. The van der Waals surface area contributed by atoms with Crippen LogP contribution in [0, 0.1) is 0 Å². The number of amides is 2. The Balaban J connectivity index is 1.71. The first-order chi connectivity index (χ1) is 13.6. The predicted molar refractivity (Wildman–Crippen MR) is 117 cm³/mol. The van der Waals surface area contributed by atoms with E-state index in [4.69, 9.17) is 0 Å². The number of unbranched alkanes of at least 4 members (excludes halogenated alkanes) is 1. The fourth-order valence-corrected chi connectivity index (χ4v) is 4.11. The number of nitrogens with one attached hydrogen (secondary N) is 1. The summed E-state index contributed by atoms with van der Waals surface area (Å²) in [4.78, 5) is 28.5. The smallest absolute Gasteiger partial charge is 0.258 e. The zero-order valence-corrected chi connectivity index (χ0v) is 16.8. The first kappa shape index (κ1) is 18.6. The average molecular weight is 391 g/mol. The van der Waals surface area contributed by atoms with Crippen molar-refractivity contribution in [2.45, 2.75) is 24.7 Å². The molecule has 1 aliphatic heterocycles. The summed E-state index contributed by atoms with van der Waals surface area (Å²) in [5.41, 5.74) is 3.00. The standard InChI is InChI=1S/C23H22N2O2S/c1-3-4-13-25-20-12-11-19(17-9-6-10-18(21(17)20)23(25)27)24-22(26)15-7-5-8-16(14-15)28-2/h5-12,14H,3-4,13H2,1-2H3,(H,24,26). The molecule has 0 atom stereocenters. The van der Waals surface area contributed by atoms with Crippen LogP contribution in [-0.4, -0.2) is 24.6 Å². The van der Waals surface area contributed by atoms with E-state index in [1.54, 1.807) is 11.8 Å². The Morgan fingerprint density at radius 3 is 2.71 bits per heavy atom. The van der Waals surface area contributed by atoms with Crippen molar-refractivity contribution in [2.75, 3.05) is 23.0 Å². The van der Waals surface area contributed by atoms with E-state index in [1.165, 1.54) is 0 Å². The van der Waals surface area contributed by atoms with Crippen molar-refractivity contribution in [3.05, 3.63) is 65.7 Å². The molecule has 0 fully saturated rings. The monoisotopic (exact) mass is 390 g/mol. The molecule has 1 N–H and O–H groups in total. The Kier molecular flexibility index (Phi) is 5.09. The number of hydrogen-bond donors (Lipinski definition) is 1. The summed E-state index contributed by atoms with van der Waals surface area (Å²) in [7, 11) is 0. The van der Waals surface area contributed by atoms with Crippen LogP contribution in [0.2, 0.25) is 0 Å². The van der Waals surface area contributed by atoms with Crippen molar-refractivity contribution < 1.29 is 9.59 Å². The third kappa shape index (κ3) is 3.16. The van der Waals surface area contributed by atoms with Crippen LogP contribution in [0.15, 0.2) is 59.5 Å². The van der Waals surface area contributed by atoms with Gasteiger partial charge in [-0.25, -0.2) is 0 Å². The van der Waals surface area contributed by atoms with Gasteiger partial charge < -0.3 is 10.2 Å². The highest BCUT2D eigenvalue weighted by atomic mass is 32.2. The number of nitrogens with zero attached hydrogens (tertiary/aromatic N) is 1. The Bertz CT molecular complexity index is 1080. The van der Waals surface area contributed by atoms with Crippen LogP contribution >= 0.6 is 11.8 Å². The van der Waals surface area contributed by atoms with Gasteiger partial charge in [-0.1, -0.05) is 31.5 Å². The van der Waals surface area contributed by atoms with Crippen LogP contribution in [0.1, 0.15) is 40.5 Å². The van der Waals surface area contributed by atoms with Gasteiger partial charge in [0.2, 0.25) is 0 Å². The minimum Gasteiger partial charge on any atom is -0.321 e. The summed E-state index contributed by atoms with van der Waals surface area (Å²) in [6, 6.07) is 17.1. The molecule has 5 heteroatoms. The van der Waals surface area contributed by atoms with Gasteiger partial charge in [0.15, 0.2) is 0 Å². The van der Waals surface area contributed by atoms with E-state index in [1.807, 2.05) is 65.8 Å². The SMILES string of the molecule is CCCCN1C(=O)c2cccc3c(NC(=O)c4cccc(SC)c4)ccc1c23. The molecule has 1 aliphatic rings. The molecule has 1 heterocycles. The second-order valence-corrected chi connectivity index (χ2v) is 7.74. The number of carbonyl (C=O) groups is 2. The third-order valence-electron chi connectivity index (χ3n) is 5.10. The van der Waals surface area contributed by atoms with Crippen molar-refractivity contribution in [3.8, 4) is 0 Å². The van der Waals surface area contributed by atoms with E-state index in [9.17, 15) is 9.59 Å². The molecule has 0 radical (unpaired) electrons. The van der Waals surface area contributed by atoms with Gasteiger partial charge in [-0.15, -0.1) is 11.8 Å². The van der Waals surface area contributed by atoms with Gasteiger partial charge in [0.1, 0.15) is 0 Å². The molecule has 4 nitrogen and oxygen atoms in total. The fourth-order valence-electron chi connectivity index (χ4n) is 3.65. The average Bonchev–Trinajstić information content (AvgIpc) is 3.01. The highest BCUT2D eigenvalue weighted by molar-refractivity contribution is 7.98. The van der Waals surface area contributed by atoms with Gasteiger partial charge >= 0.3 is 0 Å². The third-order valence-corrected chi connectivity index (χ3v) is 5.83. The molecule has 3 aromatic rings. The summed E-state index contributed by atoms with van der Waals surface area (Å²) in [6.45, 7) is 2.83. The zero-order chi connectivity index (χ0) is 19.7. The fraction of sp³-hybridized carbons (Fsp3) is 0.217. The van der Waals surface area contributed by atoms with Crippen molar-refractivity contribution in [1.29, 1.82) is 0 Å². The van der Waals surface area contributed by atoms with E-state index in [-0.39, 0.29) is 11.8 Å². The topological polar surface area (TPSA) is 49.4 Å². The molecular formula is C23H22N2O2S. The molecule has 0 aliphatic carbocycles. The normalized spacial score (nSPS) is 12.6. The Labute approximate surface area is 168 Å². The maximum absolute atomic E-state index is 12.8. The van der Waals surface area contributed by atoms with Crippen molar-refractivity contribution in [1.82, 2.24) is 0 Å². The van der Waals surface area contributed by atoms with Crippen LogP contribution in [-0.2, 0) is 0 Å². The molecule has 3 aromatic carbocycles. The first-order valence-corrected chi connectivity index (χ1v) is 10.7. The number of anilines is 2. The lowest BCUT2D eigenvalue weighted by atomic mass is 10.0. The van der Waals surface area contributed by atoms with Crippen LogP contribution in [0.3, 0.4) is 0 Å². The van der Waals surface area contributed by atoms with E-state index >= 15 is 0 Å².